The Morgan fingerprint density at radius 2 is 1.56 bits per heavy atom. The van der Waals surface area contributed by atoms with Crippen molar-refractivity contribution in [2.45, 2.75) is 45.8 Å². The third-order valence-corrected chi connectivity index (χ3v) is 6.93. The van der Waals surface area contributed by atoms with E-state index in [9.17, 15) is 10.2 Å². The van der Waals surface area contributed by atoms with Crippen LogP contribution in [0, 0.1) is 0 Å². The van der Waals surface area contributed by atoms with E-state index in [4.69, 9.17) is 9.47 Å². The first-order chi connectivity index (χ1) is 20.1. The monoisotopic (exact) mass is 554 g/mol. The molecule has 0 unspecified atom stereocenters. The van der Waals surface area contributed by atoms with Crippen molar-refractivity contribution in [2.75, 3.05) is 31.6 Å². The summed E-state index contributed by atoms with van der Waals surface area (Å²) < 4.78 is 11.6. The van der Waals surface area contributed by atoms with E-state index in [-0.39, 0.29) is 6.61 Å². The van der Waals surface area contributed by atoms with Crippen LogP contribution in [0.15, 0.2) is 91.0 Å². The zero-order valence-corrected chi connectivity index (χ0v) is 24.1. The number of rotatable bonds is 16. The fourth-order valence-corrected chi connectivity index (χ4v) is 4.64. The average Bonchev–Trinajstić information content (AvgIpc) is 3.01. The summed E-state index contributed by atoms with van der Waals surface area (Å²) in [5.74, 6) is 1.56. The minimum absolute atomic E-state index is 0.118. The number of ether oxygens (including phenoxy) is 2. The van der Waals surface area contributed by atoms with Crippen LogP contribution in [-0.4, -0.2) is 36.5 Å². The van der Waals surface area contributed by atoms with Gasteiger partial charge in [0.1, 0.15) is 11.5 Å². The molecule has 0 saturated carbocycles. The van der Waals surface area contributed by atoms with E-state index >= 15 is 0 Å². The highest BCUT2D eigenvalue weighted by Gasteiger charge is 2.12. The van der Waals surface area contributed by atoms with Crippen molar-refractivity contribution in [3.63, 3.8) is 0 Å². The largest absolute Gasteiger partial charge is 0.493 e. The number of aliphatic hydroxyl groups excluding tert-OH is 2. The molecule has 6 heteroatoms. The zero-order chi connectivity index (χ0) is 28.9. The van der Waals surface area contributed by atoms with E-state index in [1.165, 1.54) is 5.56 Å². The van der Waals surface area contributed by atoms with Crippen LogP contribution in [0.3, 0.4) is 0 Å². The van der Waals surface area contributed by atoms with E-state index in [1.54, 1.807) is 0 Å². The molecule has 0 aliphatic carbocycles. The van der Waals surface area contributed by atoms with Crippen molar-refractivity contribution < 1.29 is 19.7 Å². The minimum Gasteiger partial charge on any atom is -0.493 e. The Balaban J connectivity index is 1.27. The maximum Gasteiger partial charge on any atom is 0.127 e. The number of hydrogen-bond acceptors (Lipinski definition) is 6. The molecule has 0 bridgehead atoms. The number of aliphatic hydroxyl groups is 2. The van der Waals surface area contributed by atoms with Crippen LogP contribution in [0.2, 0.25) is 0 Å². The summed E-state index contributed by atoms with van der Waals surface area (Å²) in [6.07, 6.45) is 2.21. The van der Waals surface area contributed by atoms with E-state index in [1.807, 2.05) is 55.5 Å². The molecule has 4 N–H and O–H groups in total. The van der Waals surface area contributed by atoms with Crippen molar-refractivity contribution in [1.29, 1.82) is 0 Å². The van der Waals surface area contributed by atoms with Crippen molar-refractivity contribution in [2.24, 2.45) is 0 Å². The normalized spacial score (nSPS) is 11.7. The Bertz CT molecular complexity index is 1340. The second kappa shape index (κ2) is 15.8. The molecule has 0 aliphatic rings. The number of nitrogens with one attached hydrogen (secondary N) is 2. The molecule has 0 spiro atoms. The third-order valence-electron chi connectivity index (χ3n) is 6.93. The van der Waals surface area contributed by atoms with Gasteiger partial charge in [0, 0.05) is 29.0 Å². The summed E-state index contributed by atoms with van der Waals surface area (Å²) >= 11 is 0. The molecular formula is C35H42N2O4. The Morgan fingerprint density at radius 3 is 2.29 bits per heavy atom. The van der Waals surface area contributed by atoms with Gasteiger partial charge in [0.05, 0.1) is 25.9 Å². The Labute approximate surface area is 244 Å². The third kappa shape index (κ3) is 8.82. The molecule has 0 aliphatic heterocycles. The first-order valence-electron chi connectivity index (χ1n) is 14.5. The van der Waals surface area contributed by atoms with E-state index in [0.717, 1.165) is 59.6 Å². The number of anilines is 2. The quantitative estimate of drug-likeness (QED) is 0.111. The lowest BCUT2D eigenvalue weighted by molar-refractivity contribution is 0.174. The average molecular weight is 555 g/mol. The van der Waals surface area contributed by atoms with Gasteiger partial charge in [-0.3, -0.25) is 0 Å². The molecule has 4 rings (SSSR count). The molecular weight excluding hydrogens is 512 g/mol. The second-order valence-electron chi connectivity index (χ2n) is 10.0. The summed E-state index contributed by atoms with van der Waals surface area (Å²) in [6, 6.07) is 30.4. The van der Waals surface area contributed by atoms with Gasteiger partial charge >= 0.3 is 0 Å². The maximum absolute atomic E-state index is 10.7. The molecule has 4 aromatic rings. The highest BCUT2D eigenvalue weighted by Crippen LogP contribution is 2.33. The van der Waals surface area contributed by atoms with Gasteiger partial charge in [0.25, 0.3) is 0 Å². The van der Waals surface area contributed by atoms with Gasteiger partial charge in [0.15, 0.2) is 0 Å². The predicted molar refractivity (Wildman–Crippen MR) is 167 cm³/mol. The Morgan fingerprint density at radius 1 is 0.805 bits per heavy atom. The highest BCUT2D eigenvalue weighted by atomic mass is 16.5. The SMILES string of the molecule is CCCCOc1ccc([C@@H](O)CNCCc2ccc(Nc3ccc(OCC)c(-c4ccccc4)c3)cc2)cc1CO. The van der Waals surface area contributed by atoms with Gasteiger partial charge in [0.2, 0.25) is 0 Å². The van der Waals surface area contributed by atoms with Crippen molar-refractivity contribution in [1.82, 2.24) is 5.32 Å². The molecule has 4 aromatic carbocycles. The zero-order valence-electron chi connectivity index (χ0n) is 24.1. The highest BCUT2D eigenvalue weighted by molar-refractivity contribution is 5.76. The lowest BCUT2D eigenvalue weighted by Gasteiger charge is -2.16. The summed E-state index contributed by atoms with van der Waals surface area (Å²) in [4.78, 5) is 0. The van der Waals surface area contributed by atoms with Crippen LogP contribution in [0.1, 0.15) is 49.5 Å². The first-order valence-corrected chi connectivity index (χ1v) is 14.5. The van der Waals surface area contributed by atoms with E-state index in [0.29, 0.717) is 31.1 Å². The van der Waals surface area contributed by atoms with Crippen LogP contribution >= 0.6 is 0 Å². The molecule has 0 heterocycles. The van der Waals surface area contributed by atoms with Crippen LogP contribution in [0.5, 0.6) is 11.5 Å². The second-order valence-corrected chi connectivity index (χ2v) is 10.0. The van der Waals surface area contributed by atoms with Crippen LogP contribution in [0.25, 0.3) is 11.1 Å². The molecule has 0 fully saturated rings. The lowest BCUT2D eigenvalue weighted by atomic mass is 10.0. The standard InChI is InChI=1S/C35H42N2O4/c1-3-5-21-41-34-17-13-28(22-29(34)25-38)33(39)24-36-20-19-26-11-14-30(15-12-26)37-31-16-18-35(40-4-2)32(23-31)27-9-7-6-8-10-27/h6-18,22-23,33,36-39H,3-5,19-21,24-25H2,1-2H3/t33-/m0/s1. The van der Waals surface area contributed by atoms with Crippen molar-refractivity contribution >= 4 is 11.4 Å². The van der Waals surface area contributed by atoms with Crippen LogP contribution < -0.4 is 20.1 Å². The first kappa shape index (κ1) is 30.1. The van der Waals surface area contributed by atoms with Crippen molar-refractivity contribution in [3.8, 4) is 22.6 Å². The van der Waals surface area contributed by atoms with Gasteiger partial charge in [-0.1, -0.05) is 61.9 Å². The van der Waals surface area contributed by atoms with Gasteiger partial charge in [-0.2, -0.15) is 0 Å². The minimum atomic E-state index is -0.661. The molecule has 0 amide bonds. The summed E-state index contributed by atoms with van der Waals surface area (Å²) in [5, 5.41) is 27.2. The fraction of sp³-hybridized carbons (Fsp3) is 0.314. The van der Waals surface area contributed by atoms with Gasteiger partial charge in [-0.25, -0.2) is 0 Å². The smallest absolute Gasteiger partial charge is 0.127 e. The fourth-order valence-electron chi connectivity index (χ4n) is 4.64. The van der Waals surface area contributed by atoms with Gasteiger partial charge < -0.3 is 30.3 Å². The molecule has 0 aromatic heterocycles. The van der Waals surface area contributed by atoms with Crippen molar-refractivity contribution in [3.05, 3.63) is 108 Å². The molecule has 0 saturated heterocycles. The number of unbranched alkanes of at least 4 members (excludes halogenated alkanes) is 1. The Kier molecular flexibility index (Phi) is 11.6. The van der Waals surface area contributed by atoms with E-state index in [2.05, 4.69) is 60.0 Å². The lowest BCUT2D eigenvalue weighted by Crippen LogP contribution is -2.23. The number of benzene rings is 4. The summed E-state index contributed by atoms with van der Waals surface area (Å²) in [5.41, 5.74) is 6.88. The molecule has 1 atom stereocenters. The predicted octanol–water partition coefficient (Wildman–Crippen LogP) is 7.03. The molecule has 216 valence electrons. The van der Waals surface area contributed by atoms with Gasteiger partial charge in [-0.15, -0.1) is 0 Å². The van der Waals surface area contributed by atoms with Gasteiger partial charge in [-0.05, 0) is 85.5 Å². The Hall–Kier alpha value is -3.84. The molecule has 41 heavy (non-hydrogen) atoms. The molecule has 6 nitrogen and oxygen atoms in total. The van der Waals surface area contributed by atoms with Crippen LogP contribution in [0.4, 0.5) is 11.4 Å². The van der Waals surface area contributed by atoms with Crippen LogP contribution in [-0.2, 0) is 13.0 Å². The number of hydrogen-bond donors (Lipinski definition) is 4. The van der Waals surface area contributed by atoms with E-state index < -0.39 is 6.10 Å². The molecule has 0 radical (unpaired) electrons. The topological polar surface area (TPSA) is 83.0 Å². The maximum atomic E-state index is 10.7. The summed E-state index contributed by atoms with van der Waals surface area (Å²) in [7, 11) is 0. The summed E-state index contributed by atoms with van der Waals surface area (Å²) in [6.45, 7) is 6.41.